The largest absolute Gasteiger partial charge is 0.462 e. The van der Waals surface area contributed by atoms with Gasteiger partial charge in [0, 0.05) is 11.1 Å². The summed E-state index contributed by atoms with van der Waals surface area (Å²) in [5.74, 6) is 0.448. The number of carbonyl (C=O) groups excluding carboxylic acids is 1. The van der Waals surface area contributed by atoms with Gasteiger partial charge in [0.15, 0.2) is 11.6 Å². The highest BCUT2D eigenvalue weighted by Gasteiger charge is 2.15. The molecule has 7 heteroatoms. The zero-order valence-corrected chi connectivity index (χ0v) is 16.4. The lowest BCUT2D eigenvalue weighted by Crippen LogP contribution is -2.10. The number of rotatable bonds is 6. The van der Waals surface area contributed by atoms with Crippen LogP contribution in [0, 0.1) is 0 Å². The third-order valence-electron chi connectivity index (χ3n) is 4.60. The Balaban J connectivity index is 1.66. The fourth-order valence-corrected chi connectivity index (χ4v) is 3.16. The zero-order valence-electron chi connectivity index (χ0n) is 16.4. The normalized spacial score (nSPS) is 10.6. The van der Waals surface area contributed by atoms with E-state index in [1.54, 1.807) is 25.1 Å². The summed E-state index contributed by atoms with van der Waals surface area (Å²) in [5.41, 5.74) is 8.52. The molecule has 0 fully saturated rings. The van der Waals surface area contributed by atoms with Crippen molar-refractivity contribution in [2.45, 2.75) is 6.92 Å². The van der Waals surface area contributed by atoms with E-state index < -0.39 is 5.97 Å². The van der Waals surface area contributed by atoms with Gasteiger partial charge in [0.05, 0.1) is 17.9 Å². The van der Waals surface area contributed by atoms with Gasteiger partial charge >= 0.3 is 5.97 Å². The Labute approximate surface area is 173 Å². The molecule has 0 saturated heterocycles. The summed E-state index contributed by atoms with van der Waals surface area (Å²) in [5, 5.41) is 8.58. The fourth-order valence-electron chi connectivity index (χ4n) is 3.16. The maximum atomic E-state index is 12.2. The van der Waals surface area contributed by atoms with Crippen molar-refractivity contribution in [2.24, 2.45) is 0 Å². The molecular formula is C23H21N5O2. The van der Waals surface area contributed by atoms with Crippen molar-refractivity contribution in [3.63, 3.8) is 0 Å². The molecule has 4 N–H and O–H groups in total. The van der Waals surface area contributed by atoms with E-state index in [4.69, 9.17) is 10.5 Å². The highest BCUT2D eigenvalue weighted by atomic mass is 16.5. The van der Waals surface area contributed by atoms with Gasteiger partial charge in [0.25, 0.3) is 0 Å². The van der Waals surface area contributed by atoms with E-state index in [0.29, 0.717) is 35.2 Å². The second-order valence-electron chi connectivity index (χ2n) is 6.53. The number of nitrogens with zero attached hydrogens (tertiary/aromatic N) is 2. The maximum absolute atomic E-state index is 12.2. The molecule has 1 heterocycles. The predicted octanol–water partition coefficient (Wildman–Crippen LogP) is 4.88. The van der Waals surface area contributed by atoms with E-state index in [2.05, 4.69) is 20.6 Å². The number of esters is 1. The van der Waals surface area contributed by atoms with Crippen LogP contribution in [-0.2, 0) is 4.74 Å². The number of benzene rings is 3. The van der Waals surface area contributed by atoms with Crippen LogP contribution in [0.15, 0.2) is 73.1 Å². The molecule has 0 radical (unpaired) electrons. The number of anilines is 5. The molecule has 150 valence electrons. The molecule has 30 heavy (non-hydrogen) atoms. The molecule has 0 bridgehead atoms. The van der Waals surface area contributed by atoms with Crippen LogP contribution in [0.4, 0.5) is 28.7 Å². The van der Waals surface area contributed by atoms with Gasteiger partial charge in [-0.15, -0.1) is 0 Å². The van der Waals surface area contributed by atoms with E-state index in [0.717, 1.165) is 16.5 Å². The molecule has 7 nitrogen and oxygen atoms in total. The Morgan fingerprint density at radius 1 is 0.900 bits per heavy atom. The third-order valence-corrected chi connectivity index (χ3v) is 4.60. The Morgan fingerprint density at radius 2 is 1.53 bits per heavy atom. The van der Waals surface area contributed by atoms with Crippen LogP contribution < -0.4 is 16.4 Å². The van der Waals surface area contributed by atoms with Crippen molar-refractivity contribution >= 4 is 45.4 Å². The summed E-state index contributed by atoms with van der Waals surface area (Å²) in [6, 6.07) is 21.1. The summed E-state index contributed by atoms with van der Waals surface area (Å²) < 4.78 is 5.12. The molecular weight excluding hydrogens is 378 g/mol. The monoisotopic (exact) mass is 399 g/mol. The molecule has 3 aromatic carbocycles. The molecule has 0 saturated carbocycles. The number of nitrogens with one attached hydrogen (secondary N) is 2. The molecule has 4 aromatic rings. The molecule has 1 aromatic heterocycles. The smallest absolute Gasteiger partial charge is 0.340 e. The minimum Gasteiger partial charge on any atom is -0.462 e. The number of fused-ring (bicyclic) bond motifs is 1. The molecule has 0 unspecified atom stereocenters. The molecule has 0 aliphatic rings. The summed E-state index contributed by atoms with van der Waals surface area (Å²) in [7, 11) is 0. The second kappa shape index (κ2) is 8.48. The molecule has 0 aliphatic heterocycles. The van der Waals surface area contributed by atoms with Crippen molar-refractivity contribution in [3.8, 4) is 0 Å². The van der Waals surface area contributed by atoms with Crippen LogP contribution in [0.25, 0.3) is 10.8 Å². The van der Waals surface area contributed by atoms with Crippen molar-refractivity contribution in [1.82, 2.24) is 9.97 Å². The van der Waals surface area contributed by atoms with E-state index in [-0.39, 0.29) is 0 Å². The van der Waals surface area contributed by atoms with Gasteiger partial charge in [0.2, 0.25) is 0 Å². The summed E-state index contributed by atoms with van der Waals surface area (Å²) in [6.07, 6.45) is 1.42. The Kier molecular flexibility index (Phi) is 5.43. The first-order valence-corrected chi connectivity index (χ1v) is 9.56. The minimum absolute atomic E-state index is 0.294. The average Bonchev–Trinajstić information content (AvgIpc) is 2.77. The Bertz CT molecular complexity index is 1200. The van der Waals surface area contributed by atoms with Crippen LogP contribution in [0.5, 0.6) is 0 Å². The topological polar surface area (TPSA) is 102 Å². The first-order valence-electron chi connectivity index (χ1n) is 9.56. The number of carbonyl (C=O) groups is 1. The van der Waals surface area contributed by atoms with E-state index in [9.17, 15) is 4.79 Å². The van der Waals surface area contributed by atoms with E-state index in [1.165, 1.54) is 6.33 Å². The zero-order chi connectivity index (χ0) is 20.9. The van der Waals surface area contributed by atoms with Gasteiger partial charge in [-0.1, -0.05) is 48.5 Å². The minimum atomic E-state index is -0.415. The number of aromatic nitrogens is 2. The van der Waals surface area contributed by atoms with Crippen LogP contribution in [0.2, 0.25) is 0 Å². The highest BCUT2D eigenvalue weighted by molar-refractivity contribution is 5.98. The molecule has 4 rings (SSSR count). The van der Waals surface area contributed by atoms with Crippen LogP contribution in [0.1, 0.15) is 17.3 Å². The summed E-state index contributed by atoms with van der Waals surface area (Å²) >= 11 is 0. The lowest BCUT2D eigenvalue weighted by Gasteiger charge is -2.15. The summed E-state index contributed by atoms with van der Waals surface area (Å²) in [4.78, 5) is 20.8. The molecule has 0 spiro atoms. The van der Waals surface area contributed by atoms with Crippen molar-refractivity contribution in [1.29, 1.82) is 0 Å². The highest BCUT2D eigenvalue weighted by Crippen LogP contribution is 2.32. The fraction of sp³-hybridized carbons (Fsp3) is 0.0870. The summed E-state index contributed by atoms with van der Waals surface area (Å²) in [6.45, 7) is 2.06. The SMILES string of the molecule is CCOC(=O)c1ccccc1Nc1ncnc(Nc2cccc3ccccc23)c1N. The average molecular weight is 399 g/mol. The van der Waals surface area contributed by atoms with Crippen LogP contribution in [0.3, 0.4) is 0 Å². The lowest BCUT2D eigenvalue weighted by molar-refractivity contribution is 0.0527. The Hall–Kier alpha value is -4.13. The molecule has 0 aliphatic carbocycles. The Morgan fingerprint density at radius 3 is 2.33 bits per heavy atom. The predicted molar refractivity (Wildman–Crippen MR) is 119 cm³/mol. The maximum Gasteiger partial charge on any atom is 0.340 e. The van der Waals surface area contributed by atoms with Gasteiger partial charge < -0.3 is 21.1 Å². The number of ether oxygens (including phenoxy) is 1. The van der Waals surface area contributed by atoms with Crippen LogP contribution in [-0.4, -0.2) is 22.5 Å². The number of nitrogen functional groups attached to an aromatic ring is 1. The van der Waals surface area contributed by atoms with E-state index in [1.807, 2.05) is 48.5 Å². The van der Waals surface area contributed by atoms with Gasteiger partial charge in [-0.25, -0.2) is 14.8 Å². The van der Waals surface area contributed by atoms with Gasteiger partial charge in [-0.05, 0) is 30.5 Å². The first kappa shape index (κ1) is 19.2. The number of hydrogen-bond acceptors (Lipinski definition) is 7. The number of hydrogen-bond donors (Lipinski definition) is 3. The second-order valence-corrected chi connectivity index (χ2v) is 6.53. The third kappa shape index (κ3) is 3.86. The molecule has 0 atom stereocenters. The van der Waals surface area contributed by atoms with Gasteiger partial charge in [-0.2, -0.15) is 0 Å². The van der Waals surface area contributed by atoms with Crippen molar-refractivity contribution < 1.29 is 9.53 Å². The van der Waals surface area contributed by atoms with E-state index >= 15 is 0 Å². The van der Waals surface area contributed by atoms with Gasteiger partial charge in [0.1, 0.15) is 12.0 Å². The quantitative estimate of drug-likeness (QED) is 0.397. The number of nitrogens with two attached hydrogens (primary N) is 1. The van der Waals surface area contributed by atoms with Gasteiger partial charge in [-0.3, -0.25) is 0 Å². The standard InChI is InChI=1S/C23H21N5O2/c1-2-30-23(29)17-11-5-6-12-19(17)28-22-20(24)21(25-14-26-22)27-18-13-7-9-15-8-3-4-10-16(15)18/h3-14H,2,24H2,1H3,(H2,25,26,27,28). The van der Waals surface area contributed by atoms with Crippen molar-refractivity contribution in [3.05, 3.63) is 78.6 Å². The van der Waals surface area contributed by atoms with Crippen LogP contribution >= 0.6 is 0 Å². The molecule has 0 amide bonds. The number of para-hydroxylation sites is 1. The van der Waals surface area contributed by atoms with Crippen molar-refractivity contribution in [2.75, 3.05) is 23.0 Å². The lowest BCUT2D eigenvalue weighted by atomic mass is 10.1. The first-order chi connectivity index (χ1) is 14.7.